The molecule has 11 heteroatoms. The van der Waals surface area contributed by atoms with Gasteiger partial charge in [0.2, 0.25) is 20.0 Å². The van der Waals surface area contributed by atoms with Crippen LogP contribution in [0.1, 0.15) is 24.0 Å². The van der Waals surface area contributed by atoms with E-state index in [1.807, 2.05) is 13.0 Å². The molecule has 0 atom stereocenters. The number of hydrogen-bond donors (Lipinski definition) is 3. The fourth-order valence-electron chi connectivity index (χ4n) is 3.18. The van der Waals surface area contributed by atoms with Crippen LogP contribution >= 0.6 is 0 Å². The maximum absolute atomic E-state index is 12.4. The summed E-state index contributed by atoms with van der Waals surface area (Å²) in [5.41, 5.74) is 1.52. The molecular weight excluding hydrogens is 416 g/mol. The van der Waals surface area contributed by atoms with E-state index in [2.05, 4.69) is 15.4 Å². The molecule has 0 bridgehead atoms. The van der Waals surface area contributed by atoms with Crippen LogP contribution in [0.5, 0.6) is 0 Å². The van der Waals surface area contributed by atoms with Crippen molar-refractivity contribution in [2.75, 3.05) is 39.0 Å². The van der Waals surface area contributed by atoms with Gasteiger partial charge in [-0.1, -0.05) is 12.1 Å². The van der Waals surface area contributed by atoms with Gasteiger partial charge in [-0.25, -0.2) is 30.7 Å². The van der Waals surface area contributed by atoms with Gasteiger partial charge in [-0.05, 0) is 49.8 Å². The van der Waals surface area contributed by atoms with Crippen LogP contribution in [0.2, 0.25) is 0 Å². The highest BCUT2D eigenvalue weighted by atomic mass is 32.2. The third-order valence-electron chi connectivity index (χ3n) is 4.93. The first-order chi connectivity index (χ1) is 13.5. The van der Waals surface area contributed by atoms with Gasteiger partial charge in [0, 0.05) is 32.7 Å². The molecule has 0 unspecified atom stereocenters. The molecule has 9 nitrogen and oxygen atoms in total. The quantitative estimate of drug-likeness (QED) is 0.503. The summed E-state index contributed by atoms with van der Waals surface area (Å²) in [5, 5.41) is 5.38. The predicted octanol–water partition coefficient (Wildman–Crippen LogP) is 0.553. The van der Waals surface area contributed by atoms with Crippen molar-refractivity contribution in [2.24, 2.45) is 5.92 Å². The lowest BCUT2D eigenvalue weighted by Crippen LogP contribution is -2.44. The zero-order valence-corrected chi connectivity index (χ0v) is 18.7. The van der Waals surface area contributed by atoms with E-state index in [0.717, 1.165) is 5.56 Å². The van der Waals surface area contributed by atoms with Gasteiger partial charge in [0.1, 0.15) is 0 Å². The highest BCUT2D eigenvalue weighted by molar-refractivity contribution is 7.89. The number of urea groups is 1. The molecule has 3 N–H and O–H groups in total. The number of nitrogens with one attached hydrogen (secondary N) is 3. The van der Waals surface area contributed by atoms with E-state index in [1.54, 1.807) is 19.1 Å². The van der Waals surface area contributed by atoms with Crippen LogP contribution in [0.4, 0.5) is 4.79 Å². The third kappa shape index (κ3) is 7.25. The summed E-state index contributed by atoms with van der Waals surface area (Å²) >= 11 is 0. The smallest absolute Gasteiger partial charge is 0.314 e. The van der Waals surface area contributed by atoms with Gasteiger partial charge in [0.25, 0.3) is 0 Å². The molecule has 1 aliphatic heterocycles. The first-order valence-electron chi connectivity index (χ1n) is 9.53. The molecule has 1 aromatic carbocycles. The van der Waals surface area contributed by atoms with Gasteiger partial charge in [-0.3, -0.25) is 0 Å². The number of hydrogen-bond acceptors (Lipinski definition) is 5. The molecule has 0 radical (unpaired) electrons. The fraction of sp³-hybridized carbons (Fsp3) is 0.611. The van der Waals surface area contributed by atoms with E-state index in [9.17, 15) is 21.6 Å². The number of rotatable bonds is 8. The predicted molar refractivity (Wildman–Crippen MR) is 112 cm³/mol. The highest BCUT2D eigenvalue weighted by Gasteiger charge is 2.25. The van der Waals surface area contributed by atoms with Crippen LogP contribution in [0.25, 0.3) is 0 Å². The van der Waals surface area contributed by atoms with Gasteiger partial charge in [-0.15, -0.1) is 0 Å². The number of carbonyl (C=O) groups excluding carboxylic acids is 1. The van der Waals surface area contributed by atoms with Crippen molar-refractivity contribution < 1.29 is 21.6 Å². The normalized spacial score (nSPS) is 16.5. The molecule has 164 valence electrons. The van der Waals surface area contributed by atoms with Crippen molar-refractivity contribution in [3.8, 4) is 0 Å². The van der Waals surface area contributed by atoms with Crippen molar-refractivity contribution in [1.82, 2.24) is 19.7 Å². The third-order valence-corrected chi connectivity index (χ3v) is 7.84. The zero-order chi connectivity index (χ0) is 21.7. The summed E-state index contributed by atoms with van der Waals surface area (Å²) in [6, 6.07) is 4.86. The summed E-state index contributed by atoms with van der Waals surface area (Å²) < 4.78 is 51.7. The van der Waals surface area contributed by atoms with E-state index in [-0.39, 0.29) is 29.9 Å². The number of amides is 2. The van der Waals surface area contributed by atoms with E-state index in [4.69, 9.17) is 0 Å². The van der Waals surface area contributed by atoms with Crippen molar-refractivity contribution in [1.29, 1.82) is 0 Å². The lowest BCUT2D eigenvalue weighted by molar-refractivity contribution is 0.231. The first kappa shape index (κ1) is 23.6. The second-order valence-corrected chi connectivity index (χ2v) is 11.1. The SMILES string of the molecule is Cc1ccc(C)c(S(=O)(=O)NCCNC(=O)NCC2CCN(S(C)(=O)=O)CC2)c1. The molecule has 1 aromatic rings. The molecular formula is C18H30N4O5S2. The number of benzene rings is 1. The molecule has 2 rings (SSSR count). The molecule has 0 aliphatic carbocycles. The monoisotopic (exact) mass is 446 g/mol. The van der Waals surface area contributed by atoms with Gasteiger partial charge in [0.15, 0.2) is 0 Å². The van der Waals surface area contributed by atoms with E-state index in [1.165, 1.54) is 10.6 Å². The van der Waals surface area contributed by atoms with Crippen LogP contribution in [-0.4, -0.2) is 66.2 Å². The van der Waals surface area contributed by atoms with Gasteiger partial charge in [-0.2, -0.15) is 0 Å². The van der Waals surface area contributed by atoms with Crippen LogP contribution in [0.3, 0.4) is 0 Å². The molecule has 1 heterocycles. The van der Waals surface area contributed by atoms with Gasteiger partial charge in [0.05, 0.1) is 11.2 Å². The second-order valence-electron chi connectivity index (χ2n) is 7.41. The van der Waals surface area contributed by atoms with Crippen LogP contribution < -0.4 is 15.4 Å². The number of carbonyl (C=O) groups is 1. The Kier molecular flexibility index (Phi) is 8.03. The molecule has 0 spiro atoms. The summed E-state index contributed by atoms with van der Waals surface area (Å²) in [4.78, 5) is 12.1. The van der Waals surface area contributed by atoms with Crippen molar-refractivity contribution in [2.45, 2.75) is 31.6 Å². The van der Waals surface area contributed by atoms with E-state index < -0.39 is 20.0 Å². The highest BCUT2D eigenvalue weighted by Crippen LogP contribution is 2.18. The Hall–Kier alpha value is -1.69. The average molecular weight is 447 g/mol. The molecule has 1 fully saturated rings. The molecule has 2 amide bonds. The Bertz CT molecular complexity index is 924. The Morgan fingerprint density at radius 3 is 2.34 bits per heavy atom. The molecule has 1 saturated heterocycles. The maximum Gasteiger partial charge on any atom is 0.314 e. The molecule has 29 heavy (non-hydrogen) atoms. The van der Waals surface area contributed by atoms with Crippen molar-refractivity contribution in [3.63, 3.8) is 0 Å². The summed E-state index contributed by atoms with van der Waals surface area (Å²) in [5.74, 6) is 0.224. The Morgan fingerprint density at radius 2 is 1.72 bits per heavy atom. The standard InChI is InChI=1S/C18H30N4O5S2/c1-14-4-5-15(2)17(12-14)29(26,27)21-9-8-19-18(23)20-13-16-6-10-22(11-7-16)28(3,24)25/h4-5,12,16,21H,6-11,13H2,1-3H3,(H2,19,20,23). The second kappa shape index (κ2) is 9.88. The van der Waals surface area contributed by atoms with E-state index >= 15 is 0 Å². The molecule has 0 aromatic heterocycles. The topological polar surface area (TPSA) is 125 Å². The Balaban J connectivity index is 1.68. The zero-order valence-electron chi connectivity index (χ0n) is 17.1. The number of aryl methyl sites for hydroxylation is 2. The minimum Gasteiger partial charge on any atom is -0.338 e. The van der Waals surface area contributed by atoms with Crippen molar-refractivity contribution in [3.05, 3.63) is 29.3 Å². The lowest BCUT2D eigenvalue weighted by atomic mass is 9.98. The number of nitrogens with zero attached hydrogens (tertiary/aromatic N) is 1. The summed E-state index contributed by atoms with van der Waals surface area (Å²) in [7, 11) is -6.79. The largest absolute Gasteiger partial charge is 0.338 e. The van der Waals surface area contributed by atoms with Crippen LogP contribution in [0, 0.1) is 19.8 Å². The Labute approximate surface area is 173 Å². The Morgan fingerprint density at radius 1 is 1.07 bits per heavy atom. The number of piperidine rings is 1. The van der Waals surface area contributed by atoms with Crippen molar-refractivity contribution >= 4 is 26.1 Å². The lowest BCUT2D eigenvalue weighted by Gasteiger charge is -2.30. The maximum atomic E-state index is 12.4. The van der Waals surface area contributed by atoms with Gasteiger partial charge >= 0.3 is 6.03 Å². The fourth-order valence-corrected chi connectivity index (χ4v) is 5.41. The average Bonchev–Trinajstić information content (AvgIpc) is 2.65. The molecule has 1 aliphatic rings. The van der Waals surface area contributed by atoms with E-state index in [0.29, 0.717) is 38.0 Å². The first-order valence-corrected chi connectivity index (χ1v) is 12.9. The van der Waals surface area contributed by atoms with Gasteiger partial charge < -0.3 is 10.6 Å². The van der Waals surface area contributed by atoms with Crippen LogP contribution in [0.15, 0.2) is 23.1 Å². The molecule has 0 saturated carbocycles. The summed E-state index contributed by atoms with van der Waals surface area (Å²) in [6.45, 7) is 5.19. The minimum atomic E-state index is -3.63. The summed E-state index contributed by atoms with van der Waals surface area (Å²) in [6.07, 6.45) is 2.60. The van der Waals surface area contributed by atoms with Crippen LogP contribution in [-0.2, 0) is 20.0 Å². The number of sulfonamides is 2. The minimum absolute atomic E-state index is 0.0792.